The maximum Gasteiger partial charge on any atom is 0.225 e. The molecule has 0 aliphatic rings. The van der Waals surface area contributed by atoms with Gasteiger partial charge in [0.05, 0.1) is 6.04 Å². The first-order valence-electron chi connectivity index (χ1n) is 4.49. The highest BCUT2D eigenvalue weighted by atomic mass is 79.9. The first kappa shape index (κ1) is 10.6. The molecule has 0 N–H and O–H groups in total. The van der Waals surface area contributed by atoms with E-state index < -0.39 is 0 Å². The zero-order valence-corrected chi connectivity index (χ0v) is 10.4. The summed E-state index contributed by atoms with van der Waals surface area (Å²) in [4.78, 5) is 0. The van der Waals surface area contributed by atoms with E-state index in [0.29, 0.717) is 5.28 Å². The van der Waals surface area contributed by atoms with Gasteiger partial charge < -0.3 is 0 Å². The number of aromatic nitrogens is 3. The lowest BCUT2D eigenvalue weighted by molar-refractivity contribution is 0.637. The minimum atomic E-state index is 0.130. The van der Waals surface area contributed by atoms with Crippen molar-refractivity contribution in [2.24, 2.45) is 0 Å². The van der Waals surface area contributed by atoms with Gasteiger partial charge in [0, 0.05) is 4.47 Å². The van der Waals surface area contributed by atoms with Crippen molar-refractivity contribution >= 4 is 27.5 Å². The van der Waals surface area contributed by atoms with E-state index in [4.69, 9.17) is 11.6 Å². The lowest BCUT2D eigenvalue weighted by atomic mass is 10.1. The quantitative estimate of drug-likeness (QED) is 0.848. The first-order chi connectivity index (χ1) is 7.18. The molecule has 1 aromatic heterocycles. The van der Waals surface area contributed by atoms with E-state index in [1.807, 2.05) is 22.8 Å². The van der Waals surface area contributed by atoms with Crippen molar-refractivity contribution in [1.29, 1.82) is 0 Å². The van der Waals surface area contributed by atoms with E-state index in [9.17, 15) is 0 Å². The highest BCUT2D eigenvalue weighted by molar-refractivity contribution is 9.10. The van der Waals surface area contributed by atoms with Crippen molar-refractivity contribution in [2.45, 2.75) is 13.0 Å². The zero-order valence-electron chi connectivity index (χ0n) is 8.06. The third-order valence-electron chi connectivity index (χ3n) is 2.28. The van der Waals surface area contributed by atoms with Crippen molar-refractivity contribution in [3.63, 3.8) is 0 Å². The van der Waals surface area contributed by atoms with E-state index in [2.05, 4.69) is 39.1 Å². The summed E-state index contributed by atoms with van der Waals surface area (Å²) < 4.78 is 2.87. The Hall–Kier alpha value is -0.870. The molecule has 0 amide bonds. The van der Waals surface area contributed by atoms with Crippen molar-refractivity contribution in [1.82, 2.24) is 14.8 Å². The highest BCUT2D eigenvalue weighted by Crippen LogP contribution is 2.23. The van der Waals surface area contributed by atoms with Gasteiger partial charge in [0.1, 0.15) is 6.33 Å². The van der Waals surface area contributed by atoms with Crippen LogP contribution in [-0.2, 0) is 0 Å². The SMILES string of the molecule is CC(c1cccc(Br)c1)n1cnnc1Cl. The fraction of sp³-hybridized carbons (Fsp3) is 0.200. The van der Waals surface area contributed by atoms with E-state index in [-0.39, 0.29) is 6.04 Å². The Balaban J connectivity index is 2.36. The molecule has 2 aromatic rings. The minimum Gasteiger partial charge on any atom is -0.297 e. The molecule has 0 saturated heterocycles. The Morgan fingerprint density at radius 3 is 2.87 bits per heavy atom. The number of nitrogens with zero attached hydrogens (tertiary/aromatic N) is 3. The number of rotatable bonds is 2. The zero-order chi connectivity index (χ0) is 10.8. The monoisotopic (exact) mass is 285 g/mol. The van der Waals surface area contributed by atoms with Crippen LogP contribution in [0, 0.1) is 0 Å². The van der Waals surface area contributed by atoms with Crippen molar-refractivity contribution < 1.29 is 0 Å². The fourth-order valence-electron chi connectivity index (χ4n) is 1.42. The van der Waals surface area contributed by atoms with Gasteiger partial charge in [-0.1, -0.05) is 28.1 Å². The third kappa shape index (κ3) is 2.21. The second-order valence-electron chi connectivity index (χ2n) is 3.24. The average molecular weight is 287 g/mol. The number of benzene rings is 1. The molecule has 0 radical (unpaired) electrons. The summed E-state index contributed by atoms with van der Waals surface area (Å²) in [5.41, 5.74) is 1.16. The molecule has 5 heteroatoms. The molecule has 1 aromatic carbocycles. The summed E-state index contributed by atoms with van der Waals surface area (Å²) in [6, 6.07) is 8.22. The summed E-state index contributed by atoms with van der Waals surface area (Å²) >= 11 is 9.34. The predicted molar refractivity (Wildman–Crippen MR) is 63.0 cm³/mol. The van der Waals surface area contributed by atoms with E-state index in [1.54, 1.807) is 6.33 Å². The molecule has 15 heavy (non-hydrogen) atoms. The fourth-order valence-corrected chi connectivity index (χ4v) is 2.07. The Kier molecular flexibility index (Phi) is 3.07. The molecule has 1 atom stereocenters. The van der Waals surface area contributed by atoms with Crippen LogP contribution in [0.1, 0.15) is 18.5 Å². The standard InChI is InChI=1S/C10H9BrClN3/c1-7(15-6-13-14-10(15)12)8-3-2-4-9(11)5-8/h2-7H,1H3. The average Bonchev–Trinajstić information content (AvgIpc) is 2.63. The van der Waals surface area contributed by atoms with Crippen LogP contribution in [0.25, 0.3) is 0 Å². The topological polar surface area (TPSA) is 30.7 Å². The Morgan fingerprint density at radius 1 is 1.47 bits per heavy atom. The van der Waals surface area contributed by atoms with Gasteiger partial charge in [-0.3, -0.25) is 4.57 Å². The molecule has 2 rings (SSSR count). The number of halogens is 2. The van der Waals surface area contributed by atoms with Crippen LogP contribution in [0.15, 0.2) is 35.1 Å². The van der Waals surface area contributed by atoms with E-state index in [1.165, 1.54) is 0 Å². The molecule has 0 aliphatic carbocycles. The van der Waals surface area contributed by atoms with Gasteiger partial charge >= 0.3 is 0 Å². The lowest BCUT2D eigenvalue weighted by Crippen LogP contribution is -2.05. The molecular weight excluding hydrogens is 277 g/mol. The molecule has 0 bridgehead atoms. The number of hydrogen-bond donors (Lipinski definition) is 0. The molecule has 0 saturated carbocycles. The van der Waals surface area contributed by atoms with Crippen LogP contribution < -0.4 is 0 Å². The van der Waals surface area contributed by atoms with Gasteiger partial charge in [0.15, 0.2) is 0 Å². The second-order valence-corrected chi connectivity index (χ2v) is 4.49. The summed E-state index contributed by atoms with van der Waals surface area (Å²) in [5.74, 6) is 0. The van der Waals surface area contributed by atoms with Gasteiger partial charge in [-0.05, 0) is 36.2 Å². The van der Waals surface area contributed by atoms with Crippen LogP contribution in [0.3, 0.4) is 0 Å². The van der Waals surface area contributed by atoms with E-state index in [0.717, 1.165) is 10.0 Å². The van der Waals surface area contributed by atoms with Gasteiger partial charge in [0.2, 0.25) is 5.28 Å². The first-order valence-corrected chi connectivity index (χ1v) is 5.66. The van der Waals surface area contributed by atoms with Crippen LogP contribution >= 0.6 is 27.5 Å². The maximum atomic E-state index is 5.90. The predicted octanol–water partition coefficient (Wildman–Crippen LogP) is 3.30. The highest BCUT2D eigenvalue weighted by Gasteiger charge is 2.11. The second kappa shape index (κ2) is 4.33. The summed E-state index contributed by atoms with van der Waals surface area (Å²) in [7, 11) is 0. The van der Waals surface area contributed by atoms with Crippen molar-refractivity contribution in [3.8, 4) is 0 Å². The summed E-state index contributed by atoms with van der Waals surface area (Å²) in [5, 5.41) is 7.92. The van der Waals surface area contributed by atoms with E-state index >= 15 is 0 Å². The van der Waals surface area contributed by atoms with Gasteiger partial charge in [-0.2, -0.15) is 0 Å². The molecule has 1 heterocycles. The Morgan fingerprint density at radius 2 is 2.27 bits per heavy atom. The van der Waals surface area contributed by atoms with Crippen molar-refractivity contribution in [2.75, 3.05) is 0 Å². The number of hydrogen-bond acceptors (Lipinski definition) is 2. The van der Waals surface area contributed by atoms with Crippen molar-refractivity contribution in [3.05, 3.63) is 45.9 Å². The summed E-state index contributed by atoms with van der Waals surface area (Å²) in [6.45, 7) is 2.05. The molecule has 0 aliphatic heterocycles. The van der Waals surface area contributed by atoms with Gasteiger partial charge in [0.25, 0.3) is 0 Å². The van der Waals surface area contributed by atoms with Crippen LogP contribution in [0.5, 0.6) is 0 Å². The lowest BCUT2D eigenvalue weighted by Gasteiger charge is -2.13. The van der Waals surface area contributed by atoms with Crippen LogP contribution in [0.4, 0.5) is 0 Å². The van der Waals surface area contributed by atoms with Gasteiger partial charge in [-0.25, -0.2) is 0 Å². The maximum absolute atomic E-state index is 5.90. The molecule has 3 nitrogen and oxygen atoms in total. The van der Waals surface area contributed by atoms with Gasteiger partial charge in [-0.15, -0.1) is 10.2 Å². The summed E-state index contributed by atoms with van der Waals surface area (Å²) in [6.07, 6.45) is 1.63. The normalized spacial score (nSPS) is 12.7. The minimum absolute atomic E-state index is 0.130. The molecule has 0 spiro atoms. The smallest absolute Gasteiger partial charge is 0.225 e. The molecular formula is C10H9BrClN3. The third-order valence-corrected chi connectivity index (χ3v) is 3.04. The Labute approximate surface area is 101 Å². The Bertz CT molecular complexity index is 469. The molecule has 0 fully saturated rings. The largest absolute Gasteiger partial charge is 0.297 e. The molecule has 78 valence electrons. The van der Waals surface area contributed by atoms with Crippen LogP contribution in [-0.4, -0.2) is 14.8 Å². The molecule has 1 unspecified atom stereocenters. The van der Waals surface area contributed by atoms with Crippen LogP contribution in [0.2, 0.25) is 5.28 Å².